The Balaban J connectivity index is 1.34. The number of aliphatic carboxylic acids is 1. The van der Waals surface area contributed by atoms with Crippen molar-refractivity contribution >= 4 is 57.1 Å². The first-order chi connectivity index (χ1) is 26.6. The lowest BCUT2D eigenvalue weighted by Gasteiger charge is -2.31. The molecular formula is C40H51N7O8S. The average Bonchev–Trinajstić information content (AvgIpc) is 3.40. The van der Waals surface area contributed by atoms with Crippen molar-refractivity contribution in [2.24, 2.45) is 11.3 Å². The average molecular weight is 790 g/mol. The molecule has 300 valence electrons. The fraction of sp³-hybridized carbons (Fsp3) is 0.525. The molecule has 1 saturated carbocycles. The normalized spacial score (nSPS) is 25.4. The molecule has 1 aromatic carbocycles. The van der Waals surface area contributed by atoms with Crippen molar-refractivity contribution in [3.8, 4) is 22.9 Å². The Labute approximate surface area is 330 Å². The topological polar surface area (TPSA) is 201 Å². The van der Waals surface area contributed by atoms with Crippen LogP contribution in [0.25, 0.3) is 22.3 Å². The van der Waals surface area contributed by atoms with Gasteiger partial charge in [0.15, 0.2) is 5.13 Å². The molecule has 2 aromatic heterocycles. The van der Waals surface area contributed by atoms with Gasteiger partial charge in [0, 0.05) is 48.2 Å². The molecule has 0 radical (unpaired) electrons. The summed E-state index contributed by atoms with van der Waals surface area (Å²) in [5.41, 5.74) is -0.187. The van der Waals surface area contributed by atoms with E-state index in [1.165, 1.54) is 23.2 Å². The molecule has 4 heterocycles. The number of hydrogen-bond acceptors (Lipinski definition) is 10. The number of ether oxygens (including phenoxy) is 2. The highest BCUT2D eigenvalue weighted by molar-refractivity contribution is 7.14. The second kappa shape index (κ2) is 16.5. The Kier molecular flexibility index (Phi) is 11.9. The molecule has 15 nitrogen and oxygen atoms in total. The molecule has 5 amide bonds. The van der Waals surface area contributed by atoms with Gasteiger partial charge in [-0.05, 0) is 50.2 Å². The number of allylic oxidation sites excluding steroid dienone is 1. The first-order valence-electron chi connectivity index (χ1n) is 19.1. The summed E-state index contributed by atoms with van der Waals surface area (Å²) in [5.74, 6) is -1.81. The minimum atomic E-state index is -1.47. The van der Waals surface area contributed by atoms with Gasteiger partial charge in [-0.3, -0.25) is 14.4 Å². The van der Waals surface area contributed by atoms with E-state index in [2.05, 4.69) is 26.3 Å². The second-order valence-electron chi connectivity index (χ2n) is 16.0. The fourth-order valence-electron chi connectivity index (χ4n) is 7.07. The Hall–Kier alpha value is -5.25. The number of amides is 5. The van der Waals surface area contributed by atoms with E-state index < -0.39 is 47.5 Å². The molecule has 6 rings (SSSR count). The summed E-state index contributed by atoms with van der Waals surface area (Å²) in [6, 6.07) is 4.37. The highest BCUT2D eigenvalue weighted by Gasteiger charge is 2.61. The first kappa shape index (κ1) is 40.4. The summed E-state index contributed by atoms with van der Waals surface area (Å²) < 4.78 is 12.1. The number of carbonyl (C=O) groups excluding carboxylic acids is 4. The number of rotatable bonds is 8. The van der Waals surface area contributed by atoms with Gasteiger partial charge in [0.1, 0.15) is 40.9 Å². The number of hydrogen-bond donors (Lipinski definition) is 5. The van der Waals surface area contributed by atoms with Gasteiger partial charge in [-0.2, -0.15) is 0 Å². The van der Waals surface area contributed by atoms with Crippen molar-refractivity contribution in [1.29, 1.82) is 0 Å². The lowest BCUT2D eigenvalue weighted by atomic mass is 9.88. The molecule has 0 unspecified atom stereocenters. The minimum Gasteiger partial charge on any atom is -0.497 e. The predicted molar refractivity (Wildman–Crippen MR) is 211 cm³/mol. The number of thiazole rings is 1. The van der Waals surface area contributed by atoms with E-state index in [1.807, 2.05) is 45.9 Å². The van der Waals surface area contributed by atoms with Gasteiger partial charge < -0.3 is 40.7 Å². The third-order valence-corrected chi connectivity index (χ3v) is 11.7. The molecule has 3 aliphatic rings. The summed E-state index contributed by atoms with van der Waals surface area (Å²) in [6.07, 6.45) is 6.80. The summed E-state index contributed by atoms with van der Waals surface area (Å²) in [4.78, 5) is 77.1. The number of nitrogens with zero attached hydrogens (tertiary/aromatic N) is 3. The molecule has 1 aliphatic carbocycles. The summed E-state index contributed by atoms with van der Waals surface area (Å²) >= 11 is 1.25. The van der Waals surface area contributed by atoms with E-state index in [0.29, 0.717) is 51.8 Å². The van der Waals surface area contributed by atoms with Crippen LogP contribution in [0.2, 0.25) is 0 Å². The Morgan fingerprint density at radius 3 is 2.61 bits per heavy atom. The van der Waals surface area contributed by atoms with Gasteiger partial charge in [0.05, 0.1) is 24.9 Å². The molecule has 6 atom stereocenters. The summed E-state index contributed by atoms with van der Waals surface area (Å²) in [5, 5.41) is 24.4. The molecular weight excluding hydrogens is 739 g/mol. The van der Waals surface area contributed by atoms with Crippen LogP contribution in [0.3, 0.4) is 0 Å². The molecule has 2 fully saturated rings. The number of anilines is 1. The zero-order valence-corrected chi connectivity index (χ0v) is 33.5. The molecule has 0 bridgehead atoms. The van der Waals surface area contributed by atoms with Crippen LogP contribution in [0.15, 0.2) is 41.8 Å². The first-order valence-corrected chi connectivity index (χ1v) is 19.9. The lowest BCUT2D eigenvalue weighted by Crippen LogP contribution is -2.58. The summed E-state index contributed by atoms with van der Waals surface area (Å²) in [7, 11) is 1.55. The van der Waals surface area contributed by atoms with E-state index in [1.54, 1.807) is 30.7 Å². The van der Waals surface area contributed by atoms with E-state index in [-0.39, 0.29) is 42.7 Å². The van der Waals surface area contributed by atoms with Crippen molar-refractivity contribution in [3.63, 3.8) is 0 Å². The van der Waals surface area contributed by atoms with E-state index in [0.717, 1.165) is 19.3 Å². The number of urea groups is 1. The van der Waals surface area contributed by atoms with Gasteiger partial charge in [-0.1, -0.05) is 45.8 Å². The van der Waals surface area contributed by atoms with E-state index in [4.69, 9.17) is 14.5 Å². The molecule has 1 saturated heterocycles. The highest BCUT2D eigenvalue weighted by atomic mass is 32.1. The number of nitrogens with one attached hydrogen (secondary N) is 4. The van der Waals surface area contributed by atoms with Crippen LogP contribution in [0.1, 0.15) is 79.6 Å². The molecule has 16 heteroatoms. The summed E-state index contributed by atoms with van der Waals surface area (Å²) in [6.45, 7) is 9.32. The Morgan fingerprint density at radius 2 is 1.89 bits per heavy atom. The van der Waals surface area contributed by atoms with Crippen LogP contribution >= 0.6 is 11.3 Å². The van der Waals surface area contributed by atoms with Crippen LogP contribution in [0.5, 0.6) is 11.5 Å². The van der Waals surface area contributed by atoms with E-state index in [9.17, 15) is 29.1 Å². The third-order valence-electron chi connectivity index (χ3n) is 10.9. The number of carboxylic acid groups (broad SMARTS) is 1. The van der Waals surface area contributed by atoms with Gasteiger partial charge in [-0.25, -0.2) is 19.6 Å². The maximum Gasteiger partial charge on any atom is 0.330 e. The van der Waals surface area contributed by atoms with Crippen molar-refractivity contribution in [3.05, 3.63) is 41.8 Å². The van der Waals surface area contributed by atoms with Crippen molar-refractivity contribution < 1.29 is 38.6 Å². The van der Waals surface area contributed by atoms with Crippen molar-refractivity contribution in [2.75, 3.05) is 19.0 Å². The third kappa shape index (κ3) is 9.06. The van der Waals surface area contributed by atoms with Crippen LogP contribution in [0.4, 0.5) is 9.93 Å². The van der Waals surface area contributed by atoms with Gasteiger partial charge in [0.25, 0.3) is 0 Å². The number of benzene rings is 1. The monoisotopic (exact) mass is 789 g/mol. The number of carboxylic acids is 1. The predicted octanol–water partition coefficient (Wildman–Crippen LogP) is 5.26. The zero-order chi connectivity index (χ0) is 40.4. The van der Waals surface area contributed by atoms with Gasteiger partial charge in [-0.15, -0.1) is 11.3 Å². The highest BCUT2D eigenvalue weighted by Crippen LogP contribution is 2.45. The minimum absolute atomic E-state index is 0.00278. The van der Waals surface area contributed by atoms with Crippen LogP contribution < -0.4 is 30.7 Å². The molecule has 56 heavy (non-hydrogen) atoms. The maximum absolute atomic E-state index is 14.6. The van der Waals surface area contributed by atoms with Crippen LogP contribution in [-0.4, -0.2) is 93.1 Å². The quantitative estimate of drug-likeness (QED) is 0.188. The van der Waals surface area contributed by atoms with Gasteiger partial charge in [0.2, 0.25) is 17.7 Å². The van der Waals surface area contributed by atoms with Crippen molar-refractivity contribution in [1.82, 2.24) is 30.8 Å². The van der Waals surface area contributed by atoms with Crippen LogP contribution in [-0.2, 0) is 19.2 Å². The Morgan fingerprint density at radius 1 is 1.11 bits per heavy atom. The van der Waals surface area contributed by atoms with Gasteiger partial charge >= 0.3 is 12.0 Å². The fourth-order valence-corrected chi connectivity index (χ4v) is 7.82. The number of pyridine rings is 1. The Bertz CT molecular complexity index is 2030. The van der Waals surface area contributed by atoms with Crippen molar-refractivity contribution in [2.45, 2.75) is 109 Å². The smallest absolute Gasteiger partial charge is 0.330 e. The second-order valence-corrected chi connectivity index (χ2v) is 16.8. The van der Waals surface area contributed by atoms with Crippen LogP contribution in [0, 0.1) is 11.3 Å². The number of fused-ring (bicyclic) bond motifs is 3. The molecule has 3 aromatic rings. The number of carbonyl (C=O) groups is 5. The molecule has 0 spiro atoms. The maximum atomic E-state index is 14.6. The SMILES string of the molecule is COc1ccc2c(O[C@@H]3C[C@H]4C(=O)N[C@]5(C(=O)O)C[C@H]5/C=C\CCCCC[C@H](NC(=O)N[C@@H](C)C(C)(C)C)C(=O)N4C3)cc(-c3csc(NC(C)=O)n3)nc2c1. The largest absolute Gasteiger partial charge is 0.497 e. The standard InChI is InChI=1S/C40H51N7O8S/c1-22(39(3,4)5)41-37(53)44-28-13-11-9-7-8-10-12-24-19-40(24,36(51)52)46-34(49)32-17-26(20-47(32)35(28)50)55-33-18-30(31-21-56-38(45-31)42-23(2)48)43-29-16-25(54-6)14-15-27(29)33/h10,12,14-16,18,21-22,24,26,28,32H,7-9,11,13,17,19-20H2,1-6H3,(H,46,49)(H,51,52)(H2,41,44,53)(H,42,45,48)/b12-10-/t22-,24+,26+,28-,32-,40+/m0/s1. The van der Waals surface area contributed by atoms with E-state index >= 15 is 0 Å². The lowest BCUT2D eigenvalue weighted by molar-refractivity contribution is -0.145. The zero-order valence-electron chi connectivity index (χ0n) is 32.6. The molecule has 5 N–H and O–H groups in total. The number of aromatic nitrogens is 2. The molecule has 2 aliphatic heterocycles. The number of methoxy groups -OCH3 is 1.